The molecule has 0 spiro atoms. The highest BCUT2D eigenvalue weighted by atomic mass is 15.4. The molecule has 100 valence electrons. The van der Waals surface area contributed by atoms with E-state index in [1.165, 1.54) is 25.2 Å². The number of likely N-dealkylation sites (tertiary alicyclic amines) is 1. The van der Waals surface area contributed by atoms with Crippen LogP contribution in [0.4, 0.5) is 0 Å². The van der Waals surface area contributed by atoms with Crippen molar-refractivity contribution in [3.63, 3.8) is 0 Å². The third-order valence-electron chi connectivity index (χ3n) is 4.36. The second-order valence-electron chi connectivity index (χ2n) is 5.83. The molecule has 0 amide bonds. The Bertz CT molecular complexity index is 425. The lowest BCUT2D eigenvalue weighted by Crippen LogP contribution is -2.39. The number of rotatable bonds is 2. The molecular formula is C13H23N5. The summed E-state index contributed by atoms with van der Waals surface area (Å²) >= 11 is 0. The van der Waals surface area contributed by atoms with Crippen LogP contribution >= 0.6 is 0 Å². The second kappa shape index (κ2) is 4.63. The summed E-state index contributed by atoms with van der Waals surface area (Å²) in [7, 11) is 2.20. The van der Waals surface area contributed by atoms with Crippen molar-refractivity contribution < 1.29 is 0 Å². The Morgan fingerprint density at radius 2 is 2.00 bits per heavy atom. The SMILES string of the molecule is CC(C)N1CCn2c(nnc2[C@H]2CCCN2C)C1. The number of nitrogens with zero attached hydrogens (tertiary/aromatic N) is 5. The van der Waals surface area contributed by atoms with Crippen LogP contribution in [0.15, 0.2) is 0 Å². The predicted molar refractivity (Wildman–Crippen MR) is 70.2 cm³/mol. The fourth-order valence-electron chi connectivity index (χ4n) is 3.12. The molecule has 18 heavy (non-hydrogen) atoms. The summed E-state index contributed by atoms with van der Waals surface area (Å²) in [5, 5.41) is 8.88. The minimum absolute atomic E-state index is 0.483. The Morgan fingerprint density at radius 1 is 1.17 bits per heavy atom. The molecule has 5 heteroatoms. The van der Waals surface area contributed by atoms with Crippen molar-refractivity contribution in [3.05, 3.63) is 11.6 Å². The largest absolute Gasteiger partial charge is 0.311 e. The maximum Gasteiger partial charge on any atom is 0.150 e. The number of fused-ring (bicyclic) bond motifs is 1. The molecule has 0 aromatic carbocycles. The predicted octanol–water partition coefficient (Wildman–Crippen LogP) is 1.27. The molecule has 0 N–H and O–H groups in total. The first-order valence-electron chi connectivity index (χ1n) is 7.03. The zero-order chi connectivity index (χ0) is 12.7. The van der Waals surface area contributed by atoms with Crippen LogP contribution in [-0.2, 0) is 13.1 Å². The van der Waals surface area contributed by atoms with Gasteiger partial charge in [-0.25, -0.2) is 0 Å². The van der Waals surface area contributed by atoms with Gasteiger partial charge in [-0.15, -0.1) is 10.2 Å². The van der Waals surface area contributed by atoms with E-state index in [-0.39, 0.29) is 0 Å². The van der Waals surface area contributed by atoms with Gasteiger partial charge in [0.05, 0.1) is 12.6 Å². The molecule has 1 atom stereocenters. The van der Waals surface area contributed by atoms with Crippen LogP contribution in [0.5, 0.6) is 0 Å². The van der Waals surface area contributed by atoms with Gasteiger partial charge in [0.1, 0.15) is 11.6 Å². The topological polar surface area (TPSA) is 37.2 Å². The molecule has 3 rings (SSSR count). The Morgan fingerprint density at radius 3 is 2.67 bits per heavy atom. The van der Waals surface area contributed by atoms with E-state index >= 15 is 0 Å². The second-order valence-corrected chi connectivity index (χ2v) is 5.83. The van der Waals surface area contributed by atoms with Gasteiger partial charge in [0.15, 0.2) is 0 Å². The summed E-state index contributed by atoms with van der Waals surface area (Å²) in [6.07, 6.45) is 2.50. The first-order valence-corrected chi connectivity index (χ1v) is 7.03. The van der Waals surface area contributed by atoms with Crippen LogP contribution in [0.1, 0.15) is 44.4 Å². The summed E-state index contributed by atoms with van der Waals surface area (Å²) in [4.78, 5) is 4.87. The lowest BCUT2D eigenvalue weighted by molar-refractivity contribution is 0.169. The van der Waals surface area contributed by atoms with Crippen molar-refractivity contribution in [2.24, 2.45) is 0 Å². The minimum Gasteiger partial charge on any atom is -0.311 e. The molecule has 1 saturated heterocycles. The van der Waals surface area contributed by atoms with Crippen molar-refractivity contribution in [1.29, 1.82) is 0 Å². The van der Waals surface area contributed by atoms with E-state index in [1.54, 1.807) is 0 Å². The lowest BCUT2D eigenvalue weighted by Gasteiger charge is -2.31. The molecule has 1 aromatic heterocycles. The van der Waals surface area contributed by atoms with Gasteiger partial charge in [-0.2, -0.15) is 0 Å². The third kappa shape index (κ3) is 1.95. The van der Waals surface area contributed by atoms with E-state index in [9.17, 15) is 0 Å². The van der Waals surface area contributed by atoms with Crippen molar-refractivity contribution in [1.82, 2.24) is 24.6 Å². The highest BCUT2D eigenvalue weighted by Gasteiger charge is 2.30. The van der Waals surface area contributed by atoms with Crippen molar-refractivity contribution in [2.75, 3.05) is 20.1 Å². The van der Waals surface area contributed by atoms with Crippen LogP contribution in [0, 0.1) is 0 Å². The monoisotopic (exact) mass is 249 g/mol. The van der Waals surface area contributed by atoms with E-state index < -0.39 is 0 Å². The fraction of sp³-hybridized carbons (Fsp3) is 0.846. The van der Waals surface area contributed by atoms with Crippen molar-refractivity contribution in [2.45, 2.75) is 51.9 Å². The maximum absolute atomic E-state index is 4.47. The first-order chi connectivity index (χ1) is 8.66. The van der Waals surface area contributed by atoms with Gasteiger partial charge >= 0.3 is 0 Å². The molecule has 2 aliphatic heterocycles. The molecule has 0 saturated carbocycles. The van der Waals surface area contributed by atoms with Gasteiger partial charge < -0.3 is 4.57 Å². The van der Waals surface area contributed by atoms with Crippen molar-refractivity contribution in [3.8, 4) is 0 Å². The quantitative estimate of drug-likeness (QED) is 0.791. The maximum atomic E-state index is 4.47. The Kier molecular flexibility index (Phi) is 3.11. The summed E-state index contributed by atoms with van der Waals surface area (Å²) in [6, 6.07) is 1.07. The third-order valence-corrected chi connectivity index (χ3v) is 4.36. The summed E-state index contributed by atoms with van der Waals surface area (Å²) in [5.41, 5.74) is 0. The molecule has 0 aliphatic carbocycles. The van der Waals surface area contributed by atoms with E-state index in [2.05, 4.69) is 45.5 Å². The molecule has 1 fully saturated rings. The Labute approximate surface area is 109 Å². The Hall–Kier alpha value is -0.940. The van der Waals surface area contributed by atoms with Crippen LogP contribution in [0.25, 0.3) is 0 Å². The van der Waals surface area contributed by atoms with Crippen LogP contribution < -0.4 is 0 Å². The lowest BCUT2D eigenvalue weighted by atomic mass is 10.2. The average molecular weight is 249 g/mol. The Balaban J connectivity index is 1.84. The van der Waals surface area contributed by atoms with E-state index in [0.717, 1.165) is 25.5 Å². The molecule has 3 heterocycles. The molecule has 2 aliphatic rings. The smallest absolute Gasteiger partial charge is 0.150 e. The zero-order valence-electron chi connectivity index (χ0n) is 11.6. The van der Waals surface area contributed by atoms with E-state index in [0.29, 0.717) is 12.1 Å². The van der Waals surface area contributed by atoms with Crippen LogP contribution in [-0.4, -0.2) is 50.7 Å². The van der Waals surface area contributed by atoms with Gasteiger partial charge in [0.2, 0.25) is 0 Å². The van der Waals surface area contributed by atoms with Gasteiger partial charge in [-0.05, 0) is 40.3 Å². The number of aromatic nitrogens is 3. The average Bonchev–Trinajstić information content (AvgIpc) is 2.93. The van der Waals surface area contributed by atoms with Gasteiger partial charge in [0, 0.05) is 19.1 Å². The summed E-state index contributed by atoms with van der Waals surface area (Å²) in [6.45, 7) is 8.79. The normalized spacial score (nSPS) is 25.9. The number of hydrogen-bond acceptors (Lipinski definition) is 4. The van der Waals surface area contributed by atoms with Gasteiger partial charge in [-0.1, -0.05) is 0 Å². The molecular weight excluding hydrogens is 226 g/mol. The first kappa shape index (κ1) is 12.1. The van der Waals surface area contributed by atoms with E-state index in [1.807, 2.05) is 0 Å². The highest BCUT2D eigenvalue weighted by molar-refractivity contribution is 5.05. The van der Waals surface area contributed by atoms with Crippen molar-refractivity contribution >= 4 is 0 Å². The fourth-order valence-corrected chi connectivity index (χ4v) is 3.12. The van der Waals surface area contributed by atoms with Gasteiger partial charge in [0.25, 0.3) is 0 Å². The molecule has 0 unspecified atom stereocenters. The van der Waals surface area contributed by atoms with E-state index in [4.69, 9.17) is 0 Å². The highest BCUT2D eigenvalue weighted by Crippen LogP contribution is 2.30. The standard InChI is InChI=1S/C13H23N5/c1-10(2)17-7-8-18-12(9-17)14-15-13(18)11-5-4-6-16(11)3/h10-11H,4-9H2,1-3H3/t11-/m1/s1. The molecule has 0 radical (unpaired) electrons. The summed E-state index contributed by atoms with van der Waals surface area (Å²) < 4.78 is 2.35. The number of hydrogen-bond donors (Lipinski definition) is 0. The molecule has 1 aromatic rings. The molecule has 0 bridgehead atoms. The van der Waals surface area contributed by atoms with Crippen LogP contribution in [0.3, 0.4) is 0 Å². The minimum atomic E-state index is 0.483. The zero-order valence-corrected chi connectivity index (χ0v) is 11.6. The summed E-state index contributed by atoms with van der Waals surface area (Å²) in [5.74, 6) is 2.33. The molecule has 5 nitrogen and oxygen atoms in total. The van der Waals surface area contributed by atoms with Gasteiger partial charge in [-0.3, -0.25) is 9.80 Å². The van der Waals surface area contributed by atoms with Crippen LogP contribution in [0.2, 0.25) is 0 Å².